The predicted octanol–water partition coefficient (Wildman–Crippen LogP) is 7.70. The minimum absolute atomic E-state index is 0.965. The molecule has 0 saturated carbocycles. The van der Waals surface area contributed by atoms with Crippen LogP contribution >= 0.6 is 0 Å². The third-order valence-electron chi connectivity index (χ3n) is 5.97. The minimum Gasteiger partial charge on any atom is -0.237 e. The molecule has 0 spiro atoms. The summed E-state index contributed by atoms with van der Waals surface area (Å²) >= 11 is 0. The molecule has 0 amide bonds. The fourth-order valence-electron chi connectivity index (χ4n) is 4.12. The fraction of sp³-hybridized carbons (Fsp3) is 0.667. The molecule has 0 aliphatic carbocycles. The van der Waals surface area contributed by atoms with Crippen molar-refractivity contribution in [2.45, 2.75) is 116 Å². The third kappa shape index (κ3) is 11.9. The van der Waals surface area contributed by atoms with Gasteiger partial charge in [-0.1, -0.05) is 121 Å². The van der Waals surface area contributed by atoms with Crippen LogP contribution < -0.4 is 4.57 Å². The molecule has 0 bridgehead atoms. The van der Waals surface area contributed by atoms with Crippen molar-refractivity contribution in [3.05, 3.63) is 54.6 Å². The Morgan fingerprint density at radius 1 is 0.655 bits per heavy atom. The quantitative estimate of drug-likeness (QED) is 0.180. The van der Waals surface area contributed by atoms with Gasteiger partial charge in [-0.3, -0.25) is 0 Å². The molecular formula is C27H45N2+. The molecule has 2 aromatic rings. The van der Waals surface area contributed by atoms with Crippen molar-refractivity contribution in [1.29, 1.82) is 0 Å². The Bertz CT molecular complexity index is 602. The van der Waals surface area contributed by atoms with Crippen LogP contribution in [0.25, 0.3) is 0 Å². The highest BCUT2D eigenvalue weighted by atomic mass is 15.1. The fourth-order valence-corrected chi connectivity index (χ4v) is 4.12. The highest BCUT2D eigenvalue weighted by Crippen LogP contribution is 2.13. The van der Waals surface area contributed by atoms with E-state index in [4.69, 9.17) is 0 Å². The van der Waals surface area contributed by atoms with Crippen molar-refractivity contribution in [2.75, 3.05) is 0 Å². The van der Waals surface area contributed by atoms with Gasteiger partial charge in [0.25, 0.3) is 0 Å². The molecule has 0 radical (unpaired) electrons. The highest BCUT2D eigenvalue weighted by Gasteiger charge is 2.04. The van der Waals surface area contributed by atoms with Crippen LogP contribution in [-0.2, 0) is 13.1 Å². The zero-order valence-electron chi connectivity index (χ0n) is 19.0. The largest absolute Gasteiger partial charge is 0.244 e. The van der Waals surface area contributed by atoms with Gasteiger partial charge < -0.3 is 0 Å². The molecule has 1 aromatic heterocycles. The predicted molar refractivity (Wildman–Crippen MR) is 125 cm³/mol. The summed E-state index contributed by atoms with van der Waals surface area (Å²) in [6, 6.07) is 10.7. The third-order valence-corrected chi connectivity index (χ3v) is 5.97. The topological polar surface area (TPSA) is 8.81 Å². The average molecular weight is 398 g/mol. The van der Waals surface area contributed by atoms with Gasteiger partial charge in [-0.25, -0.2) is 9.13 Å². The second kappa shape index (κ2) is 16.3. The first-order chi connectivity index (χ1) is 14.4. The van der Waals surface area contributed by atoms with Crippen LogP contribution in [0, 0.1) is 0 Å². The summed E-state index contributed by atoms with van der Waals surface area (Å²) in [7, 11) is 0. The van der Waals surface area contributed by atoms with E-state index in [0.29, 0.717) is 0 Å². The molecule has 1 aromatic carbocycles. The maximum Gasteiger partial charge on any atom is 0.244 e. The minimum atomic E-state index is 0.965. The molecule has 2 rings (SSSR count). The Balaban J connectivity index is 1.37. The number of hydrogen-bond donors (Lipinski definition) is 0. The normalized spacial score (nSPS) is 11.2. The highest BCUT2D eigenvalue weighted by molar-refractivity contribution is 5.14. The van der Waals surface area contributed by atoms with Gasteiger partial charge in [0.15, 0.2) is 0 Å². The Hall–Kier alpha value is -1.57. The van der Waals surface area contributed by atoms with Gasteiger partial charge in [0, 0.05) is 0 Å². The standard InChI is InChI=1S/C27H45N2/c1-2-3-4-5-6-7-8-9-10-11-12-13-14-15-19-22-28-23-24-29(26-28)25-27-20-17-16-18-21-27/h16-18,20-21,23-24,26H,2-15,19,22,25H2,1H3/q+1. The lowest BCUT2D eigenvalue weighted by Crippen LogP contribution is -2.30. The van der Waals surface area contributed by atoms with Crippen LogP contribution in [-0.4, -0.2) is 4.57 Å². The summed E-state index contributed by atoms with van der Waals surface area (Å²) in [6.45, 7) is 4.41. The van der Waals surface area contributed by atoms with Crippen LogP contribution in [0.4, 0.5) is 0 Å². The van der Waals surface area contributed by atoms with E-state index in [9.17, 15) is 0 Å². The number of imidazole rings is 1. The lowest BCUT2D eigenvalue weighted by molar-refractivity contribution is -0.696. The molecule has 2 heteroatoms. The van der Waals surface area contributed by atoms with E-state index in [1.807, 2.05) is 0 Å². The number of benzene rings is 1. The van der Waals surface area contributed by atoms with E-state index in [1.165, 1.54) is 102 Å². The van der Waals surface area contributed by atoms with E-state index >= 15 is 0 Å². The zero-order chi connectivity index (χ0) is 20.4. The van der Waals surface area contributed by atoms with Gasteiger partial charge in [0.1, 0.15) is 18.9 Å². The zero-order valence-corrected chi connectivity index (χ0v) is 19.0. The summed E-state index contributed by atoms with van der Waals surface area (Å²) in [4.78, 5) is 0. The van der Waals surface area contributed by atoms with Crippen molar-refractivity contribution in [3.8, 4) is 0 Å². The van der Waals surface area contributed by atoms with E-state index < -0.39 is 0 Å². The lowest BCUT2D eigenvalue weighted by Gasteiger charge is -2.03. The molecule has 29 heavy (non-hydrogen) atoms. The molecule has 0 aliphatic rings. The van der Waals surface area contributed by atoms with E-state index in [-0.39, 0.29) is 0 Å². The van der Waals surface area contributed by atoms with Crippen LogP contribution in [0.2, 0.25) is 0 Å². The van der Waals surface area contributed by atoms with E-state index in [2.05, 4.69) is 65.1 Å². The molecule has 0 N–H and O–H groups in total. The van der Waals surface area contributed by atoms with Gasteiger partial charge in [0.2, 0.25) is 6.33 Å². The second-order valence-corrected chi connectivity index (χ2v) is 8.76. The monoisotopic (exact) mass is 397 g/mol. The van der Waals surface area contributed by atoms with Crippen molar-refractivity contribution in [1.82, 2.24) is 4.57 Å². The number of aryl methyl sites for hydroxylation is 1. The Kier molecular flexibility index (Phi) is 13.3. The first kappa shape index (κ1) is 23.7. The van der Waals surface area contributed by atoms with Crippen molar-refractivity contribution < 1.29 is 4.57 Å². The molecular weight excluding hydrogens is 352 g/mol. The molecule has 1 heterocycles. The van der Waals surface area contributed by atoms with Gasteiger partial charge >= 0.3 is 0 Å². The molecule has 162 valence electrons. The molecule has 0 fully saturated rings. The van der Waals surface area contributed by atoms with Crippen molar-refractivity contribution in [3.63, 3.8) is 0 Å². The Labute approximate surface area is 180 Å². The number of nitrogens with zero attached hydrogens (tertiary/aromatic N) is 2. The van der Waals surface area contributed by atoms with Crippen LogP contribution in [0.3, 0.4) is 0 Å². The number of unbranched alkanes of at least 4 members (excludes halogenated alkanes) is 14. The van der Waals surface area contributed by atoms with Gasteiger partial charge in [-0.15, -0.1) is 0 Å². The van der Waals surface area contributed by atoms with E-state index in [1.54, 1.807) is 0 Å². The number of aromatic nitrogens is 2. The second-order valence-electron chi connectivity index (χ2n) is 8.76. The summed E-state index contributed by atoms with van der Waals surface area (Å²) in [5.41, 5.74) is 1.36. The lowest BCUT2D eigenvalue weighted by atomic mass is 10.0. The van der Waals surface area contributed by atoms with Crippen molar-refractivity contribution in [2.24, 2.45) is 0 Å². The summed E-state index contributed by atoms with van der Waals surface area (Å²) in [5, 5.41) is 0. The summed E-state index contributed by atoms with van der Waals surface area (Å²) in [5.74, 6) is 0. The Morgan fingerprint density at radius 2 is 1.17 bits per heavy atom. The van der Waals surface area contributed by atoms with Crippen LogP contribution in [0.15, 0.2) is 49.1 Å². The van der Waals surface area contributed by atoms with Crippen LogP contribution in [0.1, 0.15) is 109 Å². The van der Waals surface area contributed by atoms with Gasteiger partial charge in [-0.05, 0) is 18.4 Å². The molecule has 0 aliphatic heterocycles. The van der Waals surface area contributed by atoms with Gasteiger partial charge in [-0.2, -0.15) is 0 Å². The summed E-state index contributed by atoms with van der Waals surface area (Å²) in [6.07, 6.45) is 28.1. The Morgan fingerprint density at radius 3 is 1.72 bits per heavy atom. The van der Waals surface area contributed by atoms with Crippen LogP contribution in [0.5, 0.6) is 0 Å². The first-order valence-electron chi connectivity index (χ1n) is 12.5. The van der Waals surface area contributed by atoms with Gasteiger partial charge in [0.05, 0.1) is 6.54 Å². The molecule has 2 nitrogen and oxygen atoms in total. The average Bonchev–Trinajstić information content (AvgIpc) is 3.19. The van der Waals surface area contributed by atoms with E-state index in [0.717, 1.165) is 13.1 Å². The number of rotatable bonds is 18. The first-order valence-corrected chi connectivity index (χ1v) is 12.5. The summed E-state index contributed by atoms with van der Waals surface area (Å²) < 4.78 is 4.62. The molecule has 0 atom stereocenters. The molecule has 0 saturated heterocycles. The molecule has 0 unspecified atom stereocenters. The van der Waals surface area contributed by atoms with Crippen molar-refractivity contribution >= 4 is 0 Å². The maximum atomic E-state index is 2.34. The smallest absolute Gasteiger partial charge is 0.237 e. The number of hydrogen-bond acceptors (Lipinski definition) is 0. The maximum absolute atomic E-state index is 2.34. The SMILES string of the molecule is CCCCCCCCCCCCCCCCC[n+]1ccn(Cc2ccccc2)c1.